The molecule has 9 heteroatoms. The second-order valence-electron chi connectivity index (χ2n) is 8.44. The van der Waals surface area contributed by atoms with Gasteiger partial charge in [-0.2, -0.15) is 0 Å². The van der Waals surface area contributed by atoms with Crippen molar-refractivity contribution >= 4 is 28.5 Å². The second-order valence-corrected chi connectivity index (χ2v) is 8.44. The van der Waals surface area contributed by atoms with Gasteiger partial charge in [-0.1, -0.05) is 0 Å². The van der Waals surface area contributed by atoms with E-state index in [1.165, 1.54) is 12.3 Å². The van der Waals surface area contributed by atoms with E-state index >= 15 is 0 Å². The first-order chi connectivity index (χ1) is 16.2. The van der Waals surface area contributed by atoms with Crippen LogP contribution < -0.4 is 15.0 Å². The summed E-state index contributed by atoms with van der Waals surface area (Å²) in [5, 5.41) is 12.5. The number of aromatic carboxylic acids is 1. The SMILES string of the molecule is O=C(O)c1ccnc(N[C@H]2CC[C@@H](Oc3cc(N4CCOCC4)cc4nccnc34)CC2)c1. The Bertz CT molecular complexity index is 1130. The third-order valence-electron chi connectivity index (χ3n) is 6.23. The molecule has 172 valence electrons. The number of morpholine rings is 1. The molecule has 1 saturated heterocycles. The molecule has 33 heavy (non-hydrogen) atoms. The first kappa shape index (κ1) is 21.4. The minimum absolute atomic E-state index is 0.0894. The Hall–Kier alpha value is -3.46. The minimum Gasteiger partial charge on any atom is -0.488 e. The van der Waals surface area contributed by atoms with Crippen molar-refractivity contribution in [2.75, 3.05) is 36.5 Å². The van der Waals surface area contributed by atoms with Crippen LogP contribution >= 0.6 is 0 Å². The second kappa shape index (κ2) is 9.58. The Balaban J connectivity index is 1.26. The molecule has 0 unspecified atom stereocenters. The van der Waals surface area contributed by atoms with Gasteiger partial charge in [0.25, 0.3) is 0 Å². The zero-order valence-electron chi connectivity index (χ0n) is 18.3. The smallest absolute Gasteiger partial charge is 0.335 e. The van der Waals surface area contributed by atoms with Crippen LogP contribution in [-0.2, 0) is 4.74 Å². The maximum Gasteiger partial charge on any atom is 0.335 e. The van der Waals surface area contributed by atoms with E-state index in [9.17, 15) is 9.90 Å². The molecular formula is C24H27N5O4. The first-order valence-electron chi connectivity index (χ1n) is 11.4. The van der Waals surface area contributed by atoms with E-state index < -0.39 is 5.97 Å². The zero-order valence-corrected chi connectivity index (χ0v) is 18.3. The molecule has 1 aliphatic carbocycles. The Kier molecular flexibility index (Phi) is 6.21. The zero-order chi connectivity index (χ0) is 22.6. The summed E-state index contributed by atoms with van der Waals surface area (Å²) in [5.74, 6) is 0.417. The molecule has 1 saturated carbocycles. The summed E-state index contributed by atoms with van der Waals surface area (Å²) in [4.78, 5) is 26.8. The van der Waals surface area contributed by atoms with Gasteiger partial charge in [-0.25, -0.2) is 14.8 Å². The Morgan fingerprint density at radius 1 is 1.03 bits per heavy atom. The highest BCUT2D eigenvalue weighted by Gasteiger charge is 2.24. The van der Waals surface area contributed by atoms with Crippen LogP contribution in [0.25, 0.3) is 11.0 Å². The lowest BCUT2D eigenvalue weighted by molar-refractivity contribution is 0.0696. The highest BCUT2D eigenvalue weighted by atomic mass is 16.5. The van der Waals surface area contributed by atoms with Gasteiger partial charge in [-0.3, -0.25) is 4.98 Å². The lowest BCUT2D eigenvalue weighted by Gasteiger charge is -2.31. The first-order valence-corrected chi connectivity index (χ1v) is 11.4. The number of aromatic nitrogens is 3. The molecule has 1 aromatic carbocycles. The summed E-state index contributed by atoms with van der Waals surface area (Å²) in [6, 6.07) is 7.45. The molecule has 0 bridgehead atoms. The van der Waals surface area contributed by atoms with Gasteiger partial charge in [0.1, 0.15) is 17.1 Å². The molecule has 3 heterocycles. The average molecular weight is 450 g/mol. The van der Waals surface area contributed by atoms with Gasteiger partial charge in [0.05, 0.1) is 30.4 Å². The van der Waals surface area contributed by atoms with E-state index in [4.69, 9.17) is 9.47 Å². The summed E-state index contributed by atoms with van der Waals surface area (Å²) in [6.07, 6.45) is 8.62. The highest BCUT2D eigenvalue weighted by molar-refractivity contribution is 5.88. The van der Waals surface area contributed by atoms with E-state index in [1.54, 1.807) is 18.5 Å². The van der Waals surface area contributed by atoms with Crippen LogP contribution in [0.3, 0.4) is 0 Å². The number of rotatable bonds is 6. The fourth-order valence-corrected chi connectivity index (χ4v) is 4.48. The van der Waals surface area contributed by atoms with E-state index in [1.807, 2.05) is 0 Å². The maximum atomic E-state index is 11.2. The lowest BCUT2D eigenvalue weighted by Crippen LogP contribution is -2.36. The van der Waals surface area contributed by atoms with Crippen LogP contribution in [0.2, 0.25) is 0 Å². The molecule has 0 amide bonds. The summed E-state index contributed by atoms with van der Waals surface area (Å²) in [7, 11) is 0. The number of carboxylic acid groups (broad SMARTS) is 1. The van der Waals surface area contributed by atoms with Crippen molar-refractivity contribution in [2.24, 2.45) is 0 Å². The van der Waals surface area contributed by atoms with Crippen molar-refractivity contribution in [3.63, 3.8) is 0 Å². The number of carboxylic acids is 1. The number of anilines is 2. The van der Waals surface area contributed by atoms with Crippen LogP contribution in [0.4, 0.5) is 11.5 Å². The van der Waals surface area contributed by atoms with Crippen molar-refractivity contribution in [3.8, 4) is 5.75 Å². The number of pyridine rings is 1. The Morgan fingerprint density at radius 2 is 1.82 bits per heavy atom. The number of carbonyl (C=O) groups is 1. The van der Waals surface area contributed by atoms with Gasteiger partial charge in [-0.05, 0) is 43.9 Å². The predicted octanol–water partition coefficient (Wildman–Crippen LogP) is 3.36. The standard InChI is InChI=1S/C24H27N5O4/c30-24(31)16-5-6-26-22(13-16)28-17-1-3-19(4-2-17)33-21-15-18(29-9-11-32-12-10-29)14-20-23(21)27-8-7-25-20/h5-8,13-15,17,19H,1-4,9-12H2,(H,26,28)(H,30,31)/t17-,19+. The van der Waals surface area contributed by atoms with Crippen LogP contribution in [0.1, 0.15) is 36.0 Å². The fraction of sp³-hybridized carbons (Fsp3) is 0.417. The third kappa shape index (κ3) is 4.98. The van der Waals surface area contributed by atoms with Crippen molar-refractivity contribution in [3.05, 3.63) is 48.4 Å². The van der Waals surface area contributed by atoms with Crippen molar-refractivity contribution < 1.29 is 19.4 Å². The predicted molar refractivity (Wildman–Crippen MR) is 124 cm³/mol. The van der Waals surface area contributed by atoms with E-state index in [0.29, 0.717) is 5.82 Å². The number of nitrogens with one attached hydrogen (secondary N) is 1. The van der Waals surface area contributed by atoms with Crippen molar-refractivity contribution in [1.29, 1.82) is 0 Å². The molecule has 0 spiro atoms. The van der Waals surface area contributed by atoms with Gasteiger partial charge < -0.3 is 24.8 Å². The van der Waals surface area contributed by atoms with Gasteiger partial charge in [0, 0.05) is 49.5 Å². The Labute approximate surface area is 191 Å². The molecule has 0 radical (unpaired) electrons. The Morgan fingerprint density at radius 3 is 2.61 bits per heavy atom. The lowest BCUT2D eigenvalue weighted by atomic mass is 9.93. The van der Waals surface area contributed by atoms with Gasteiger partial charge in [0.2, 0.25) is 0 Å². The molecule has 2 aliphatic rings. The molecule has 1 aliphatic heterocycles. The van der Waals surface area contributed by atoms with Gasteiger partial charge in [0.15, 0.2) is 0 Å². The van der Waals surface area contributed by atoms with Gasteiger partial charge in [-0.15, -0.1) is 0 Å². The quantitative estimate of drug-likeness (QED) is 0.585. The molecule has 9 nitrogen and oxygen atoms in total. The maximum absolute atomic E-state index is 11.2. The highest BCUT2D eigenvalue weighted by Crippen LogP contribution is 2.33. The number of hydrogen-bond donors (Lipinski definition) is 2. The summed E-state index contributed by atoms with van der Waals surface area (Å²) in [6.45, 7) is 3.13. The van der Waals surface area contributed by atoms with Crippen LogP contribution in [0, 0.1) is 0 Å². The van der Waals surface area contributed by atoms with E-state index in [0.717, 1.165) is 74.5 Å². The number of fused-ring (bicyclic) bond motifs is 1. The normalized spacial score (nSPS) is 21.0. The topological polar surface area (TPSA) is 110 Å². The summed E-state index contributed by atoms with van der Waals surface area (Å²) < 4.78 is 12.0. The monoisotopic (exact) mass is 449 g/mol. The average Bonchev–Trinajstić information content (AvgIpc) is 2.86. The molecule has 2 N–H and O–H groups in total. The molecule has 0 atom stereocenters. The molecule has 2 fully saturated rings. The number of benzene rings is 1. The summed E-state index contributed by atoms with van der Waals surface area (Å²) >= 11 is 0. The van der Waals surface area contributed by atoms with E-state index in [-0.39, 0.29) is 17.7 Å². The molecular weight excluding hydrogens is 422 g/mol. The minimum atomic E-state index is -0.952. The fourth-order valence-electron chi connectivity index (χ4n) is 4.48. The molecule has 2 aromatic heterocycles. The van der Waals surface area contributed by atoms with Crippen molar-refractivity contribution in [1.82, 2.24) is 15.0 Å². The largest absolute Gasteiger partial charge is 0.488 e. The number of nitrogens with zero attached hydrogens (tertiary/aromatic N) is 4. The summed E-state index contributed by atoms with van der Waals surface area (Å²) in [5.41, 5.74) is 2.93. The van der Waals surface area contributed by atoms with Crippen LogP contribution in [-0.4, -0.2) is 64.5 Å². The number of ether oxygens (including phenoxy) is 2. The van der Waals surface area contributed by atoms with Crippen LogP contribution in [0.15, 0.2) is 42.9 Å². The van der Waals surface area contributed by atoms with Crippen molar-refractivity contribution in [2.45, 2.75) is 37.8 Å². The van der Waals surface area contributed by atoms with Gasteiger partial charge >= 0.3 is 5.97 Å². The van der Waals surface area contributed by atoms with Crippen LogP contribution in [0.5, 0.6) is 5.75 Å². The molecule has 5 rings (SSSR count). The number of hydrogen-bond acceptors (Lipinski definition) is 8. The third-order valence-corrected chi connectivity index (χ3v) is 6.23. The molecule has 3 aromatic rings. The van der Waals surface area contributed by atoms with E-state index in [2.05, 4.69) is 37.3 Å².